The first-order chi connectivity index (χ1) is 12.4. The molecule has 0 aliphatic heterocycles. The highest BCUT2D eigenvalue weighted by atomic mass is 16.4. The maximum absolute atomic E-state index is 10.8. The fourth-order valence-corrected chi connectivity index (χ4v) is 3.02. The standard InChI is InChI=1S/2C10H9NO2/c2*1-11-6-8(10(12)13)7-4-2-3-5-9(7)11/h2*2-6H,1H3,(H,12,13). The van der Waals surface area contributed by atoms with Crippen LogP contribution in [0.2, 0.25) is 0 Å². The third-order valence-corrected chi connectivity index (χ3v) is 4.25. The number of para-hydroxylation sites is 2. The lowest BCUT2D eigenvalue weighted by Gasteiger charge is -1.92. The number of fused-ring (bicyclic) bond motifs is 2. The second-order valence-electron chi connectivity index (χ2n) is 5.95. The predicted molar refractivity (Wildman–Crippen MR) is 99.8 cm³/mol. The Morgan fingerprint density at radius 3 is 1.38 bits per heavy atom. The van der Waals surface area contributed by atoms with Gasteiger partial charge in [-0.25, -0.2) is 9.59 Å². The van der Waals surface area contributed by atoms with Crippen molar-refractivity contribution in [2.24, 2.45) is 14.1 Å². The molecule has 4 rings (SSSR count). The number of carboxylic acids is 2. The van der Waals surface area contributed by atoms with E-state index in [0.29, 0.717) is 11.1 Å². The molecule has 0 aliphatic rings. The summed E-state index contributed by atoms with van der Waals surface area (Å²) in [5.74, 6) is -1.76. The van der Waals surface area contributed by atoms with Gasteiger partial charge in [0.15, 0.2) is 0 Å². The van der Waals surface area contributed by atoms with E-state index in [1.54, 1.807) is 12.4 Å². The Balaban J connectivity index is 0.000000151. The van der Waals surface area contributed by atoms with Crippen LogP contribution in [0.1, 0.15) is 20.7 Å². The Kier molecular flexibility index (Phi) is 4.49. The van der Waals surface area contributed by atoms with Crippen LogP contribution in [0, 0.1) is 0 Å². The van der Waals surface area contributed by atoms with E-state index in [9.17, 15) is 9.59 Å². The molecule has 0 aliphatic carbocycles. The fourth-order valence-electron chi connectivity index (χ4n) is 3.02. The summed E-state index contributed by atoms with van der Waals surface area (Å²) < 4.78 is 3.64. The molecule has 0 amide bonds. The molecule has 0 atom stereocenters. The minimum absolute atomic E-state index is 0.359. The summed E-state index contributed by atoms with van der Waals surface area (Å²) in [6.07, 6.45) is 3.26. The van der Waals surface area contributed by atoms with Gasteiger partial charge in [-0.3, -0.25) is 0 Å². The Morgan fingerprint density at radius 2 is 1.04 bits per heavy atom. The maximum Gasteiger partial charge on any atom is 0.337 e. The van der Waals surface area contributed by atoms with Crippen LogP contribution in [0.4, 0.5) is 0 Å². The molecule has 2 N–H and O–H groups in total. The first kappa shape index (κ1) is 17.3. The van der Waals surface area contributed by atoms with Crippen molar-refractivity contribution in [2.45, 2.75) is 0 Å². The third-order valence-electron chi connectivity index (χ3n) is 4.25. The Labute approximate surface area is 149 Å². The van der Waals surface area contributed by atoms with Gasteiger partial charge in [0.2, 0.25) is 0 Å². The van der Waals surface area contributed by atoms with E-state index in [4.69, 9.17) is 10.2 Å². The smallest absolute Gasteiger partial charge is 0.337 e. The van der Waals surface area contributed by atoms with Crippen molar-refractivity contribution in [3.05, 3.63) is 72.1 Å². The van der Waals surface area contributed by atoms with Gasteiger partial charge in [-0.2, -0.15) is 0 Å². The number of carbonyl (C=O) groups is 2. The first-order valence-electron chi connectivity index (χ1n) is 7.95. The number of aromatic carboxylic acids is 2. The van der Waals surface area contributed by atoms with Crippen molar-refractivity contribution in [1.82, 2.24) is 9.13 Å². The summed E-state index contributed by atoms with van der Waals surface area (Å²) in [7, 11) is 3.68. The molecule has 2 aromatic carbocycles. The van der Waals surface area contributed by atoms with Crippen molar-refractivity contribution >= 4 is 33.7 Å². The van der Waals surface area contributed by atoms with E-state index in [1.165, 1.54) is 0 Å². The van der Waals surface area contributed by atoms with Crippen LogP contribution >= 0.6 is 0 Å². The van der Waals surface area contributed by atoms with Crippen LogP contribution in [0.5, 0.6) is 0 Å². The van der Waals surface area contributed by atoms with Crippen LogP contribution < -0.4 is 0 Å². The number of hydrogen-bond acceptors (Lipinski definition) is 2. The maximum atomic E-state index is 10.8. The van der Waals surface area contributed by atoms with E-state index in [1.807, 2.05) is 71.8 Å². The Morgan fingerprint density at radius 1 is 0.692 bits per heavy atom. The number of carboxylic acid groups (broad SMARTS) is 2. The Bertz CT molecular complexity index is 1030. The zero-order valence-corrected chi connectivity index (χ0v) is 14.4. The number of aryl methyl sites for hydroxylation is 2. The molecule has 0 fully saturated rings. The molecule has 4 aromatic rings. The molecule has 0 spiro atoms. The molecule has 132 valence electrons. The number of rotatable bonds is 2. The van der Waals surface area contributed by atoms with Crippen LogP contribution in [0.15, 0.2) is 60.9 Å². The SMILES string of the molecule is Cn1cc(C(=O)O)c2ccccc21.Cn1cc(C(=O)O)c2ccccc21. The van der Waals surface area contributed by atoms with Gasteiger partial charge in [-0.15, -0.1) is 0 Å². The van der Waals surface area contributed by atoms with Gasteiger partial charge in [0, 0.05) is 48.3 Å². The third kappa shape index (κ3) is 3.04. The molecular weight excluding hydrogens is 332 g/mol. The lowest BCUT2D eigenvalue weighted by molar-refractivity contribution is 0.0688. The fraction of sp³-hybridized carbons (Fsp3) is 0.100. The van der Waals surface area contributed by atoms with Crippen LogP contribution in [-0.2, 0) is 14.1 Å². The molecule has 6 nitrogen and oxygen atoms in total. The van der Waals surface area contributed by atoms with E-state index < -0.39 is 11.9 Å². The quantitative estimate of drug-likeness (QED) is 0.576. The van der Waals surface area contributed by atoms with Crippen LogP contribution in [-0.4, -0.2) is 31.3 Å². The number of aromatic nitrogens is 2. The second-order valence-corrected chi connectivity index (χ2v) is 5.95. The minimum Gasteiger partial charge on any atom is -0.478 e. The van der Waals surface area contributed by atoms with Gasteiger partial charge in [0.05, 0.1) is 11.1 Å². The average molecular weight is 350 g/mol. The van der Waals surface area contributed by atoms with E-state index in [-0.39, 0.29) is 0 Å². The van der Waals surface area contributed by atoms with Gasteiger partial charge >= 0.3 is 11.9 Å². The molecule has 6 heteroatoms. The van der Waals surface area contributed by atoms with E-state index >= 15 is 0 Å². The molecule has 0 bridgehead atoms. The highest BCUT2D eigenvalue weighted by Gasteiger charge is 2.11. The summed E-state index contributed by atoms with van der Waals surface area (Å²) in [6.45, 7) is 0. The molecule has 0 unspecified atom stereocenters. The summed E-state index contributed by atoms with van der Waals surface area (Å²) in [6, 6.07) is 14.9. The Hall–Kier alpha value is -3.54. The summed E-state index contributed by atoms with van der Waals surface area (Å²) in [5, 5.41) is 19.3. The molecule has 2 heterocycles. The van der Waals surface area contributed by atoms with E-state index in [2.05, 4.69) is 0 Å². The normalized spacial score (nSPS) is 10.5. The molecule has 0 saturated carbocycles. The summed E-state index contributed by atoms with van der Waals surface area (Å²) in [5.41, 5.74) is 2.61. The molecule has 2 aromatic heterocycles. The lowest BCUT2D eigenvalue weighted by Crippen LogP contribution is -1.93. The topological polar surface area (TPSA) is 84.5 Å². The molecule has 26 heavy (non-hydrogen) atoms. The number of benzene rings is 2. The summed E-state index contributed by atoms with van der Waals surface area (Å²) in [4.78, 5) is 21.6. The van der Waals surface area contributed by atoms with Crippen molar-refractivity contribution in [3.63, 3.8) is 0 Å². The largest absolute Gasteiger partial charge is 0.478 e. The summed E-state index contributed by atoms with van der Waals surface area (Å²) >= 11 is 0. The second kappa shape index (κ2) is 6.76. The molecule has 0 saturated heterocycles. The minimum atomic E-state index is -0.878. The van der Waals surface area contributed by atoms with Gasteiger partial charge in [0.1, 0.15) is 0 Å². The molecular formula is C20H18N2O4. The van der Waals surface area contributed by atoms with Gasteiger partial charge in [-0.1, -0.05) is 36.4 Å². The monoisotopic (exact) mass is 350 g/mol. The zero-order chi connectivity index (χ0) is 18.8. The van der Waals surface area contributed by atoms with E-state index in [0.717, 1.165) is 21.8 Å². The highest BCUT2D eigenvalue weighted by molar-refractivity contribution is 6.04. The van der Waals surface area contributed by atoms with Gasteiger partial charge in [0.25, 0.3) is 0 Å². The highest BCUT2D eigenvalue weighted by Crippen LogP contribution is 2.20. The van der Waals surface area contributed by atoms with Gasteiger partial charge < -0.3 is 19.3 Å². The van der Waals surface area contributed by atoms with Crippen molar-refractivity contribution in [2.75, 3.05) is 0 Å². The zero-order valence-electron chi connectivity index (χ0n) is 14.4. The van der Waals surface area contributed by atoms with Crippen molar-refractivity contribution in [3.8, 4) is 0 Å². The first-order valence-corrected chi connectivity index (χ1v) is 7.95. The van der Waals surface area contributed by atoms with Crippen LogP contribution in [0.3, 0.4) is 0 Å². The van der Waals surface area contributed by atoms with Crippen molar-refractivity contribution in [1.29, 1.82) is 0 Å². The number of nitrogens with zero attached hydrogens (tertiary/aromatic N) is 2. The van der Waals surface area contributed by atoms with Crippen LogP contribution in [0.25, 0.3) is 21.8 Å². The predicted octanol–water partition coefficient (Wildman–Crippen LogP) is 3.75. The lowest BCUT2D eigenvalue weighted by atomic mass is 10.2. The average Bonchev–Trinajstić information content (AvgIpc) is 3.15. The van der Waals surface area contributed by atoms with Gasteiger partial charge in [-0.05, 0) is 12.1 Å². The molecule has 0 radical (unpaired) electrons. The van der Waals surface area contributed by atoms with Crippen molar-refractivity contribution < 1.29 is 19.8 Å². The number of hydrogen-bond donors (Lipinski definition) is 2.